The SMILES string of the molecule is COc1c(C)c2c(c(O)c1CC=C(C)C(C)C(C)C(=O)O)C(=O)OC2. The normalized spacial score (nSPS) is 16.2. The molecule has 0 saturated heterocycles. The molecule has 1 heterocycles. The van der Waals surface area contributed by atoms with Gasteiger partial charge in [0.05, 0.1) is 13.0 Å². The second-order valence-corrected chi connectivity index (χ2v) is 6.48. The van der Waals surface area contributed by atoms with E-state index in [1.807, 2.05) is 26.8 Å². The number of hydrogen-bond acceptors (Lipinski definition) is 5. The van der Waals surface area contributed by atoms with Crippen molar-refractivity contribution in [3.05, 3.63) is 33.9 Å². The van der Waals surface area contributed by atoms with Crippen LogP contribution in [0, 0.1) is 18.8 Å². The van der Waals surface area contributed by atoms with Gasteiger partial charge in [0, 0.05) is 11.1 Å². The maximum atomic E-state index is 11.9. The number of fused-ring (bicyclic) bond motifs is 1. The summed E-state index contributed by atoms with van der Waals surface area (Å²) in [6, 6.07) is 0. The number of allylic oxidation sites excluding steroid dienone is 2. The van der Waals surface area contributed by atoms with Crippen molar-refractivity contribution in [2.45, 2.75) is 40.7 Å². The van der Waals surface area contributed by atoms with E-state index in [1.165, 1.54) is 7.11 Å². The third-order valence-electron chi connectivity index (χ3n) is 5.13. The second-order valence-electron chi connectivity index (χ2n) is 6.48. The van der Waals surface area contributed by atoms with Gasteiger partial charge in [-0.05, 0) is 31.7 Å². The summed E-state index contributed by atoms with van der Waals surface area (Å²) in [5.41, 5.74) is 3.03. The van der Waals surface area contributed by atoms with Gasteiger partial charge in [0.15, 0.2) is 0 Å². The highest BCUT2D eigenvalue weighted by Gasteiger charge is 2.32. The van der Waals surface area contributed by atoms with Gasteiger partial charge in [0.2, 0.25) is 0 Å². The van der Waals surface area contributed by atoms with Gasteiger partial charge in [-0.15, -0.1) is 0 Å². The number of aromatic hydroxyl groups is 1. The standard InChI is InChI=1S/C19H24O6/c1-9(10(2)11(3)18(21)22)6-7-13-16(20)15-14(8-25-19(15)23)12(4)17(13)24-5/h6,10-11,20H,7-8H2,1-5H3,(H,21,22). The number of methoxy groups -OCH3 is 1. The molecule has 6 heteroatoms. The number of rotatable bonds is 6. The van der Waals surface area contributed by atoms with Crippen LogP contribution in [0.25, 0.3) is 0 Å². The van der Waals surface area contributed by atoms with Crippen molar-refractivity contribution in [1.29, 1.82) is 0 Å². The van der Waals surface area contributed by atoms with Crippen LogP contribution < -0.4 is 4.74 Å². The Morgan fingerprint density at radius 1 is 1.36 bits per heavy atom. The lowest BCUT2D eigenvalue weighted by atomic mass is 9.88. The molecule has 0 bridgehead atoms. The number of carbonyl (C=O) groups is 2. The first-order valence-corrected chi connectivity index (χ1v) is 8.18. The molecule has 0 amide bonds. The van der Waals surface area contributed by atoms with Crippen molar-refractivity contribution in [3.63, 3.8) is 0 Å². The van der Waals surface area contributed by atoms with Gasteiger partial charge < -0.3 is 19.7 Å². The molecule has 2 unspecified atom stereocenters. The Labute approximate surface area is 147 Å². The van der Waals surface area contributed by atoms with Crippen molar-refractivity contribution >= 4 is 11.9 Å². The van der Waals surface area contributed by atoms with Crippen LogP contribution in [0.4, 0.5) is 0 Å². The fourth-order valence-corrected chi connectivity index (χ4v) is 3.09. The lowest BCUT2D eigenvalue weighted by Crippen LogP contribution is -2.19. The Kier molecular flexibility index (Phi) is 5.40. The van der Waals surface area contributed by atoms with Gasteiger partial charge in [-0.25, -0.2) is 4.79 Å². The number of benzene rings is 1. The van der Waals surface area contributed by atoms with Gasteiger partial charge in [-0.1, -0.05) is 25.5 Å². The summed E-state index contributed by atoms with van der Waals surface area (Å²) in [4.78, 5) is 23.0. The predicted molar refractivity (Wildman–Crippen MR) is 91.9 cm³/mol. The molecular weight excluding hydrogens is 324 g/mol. The van der Waals surface area contributed by atoms with Crippen molar-refractivity contribution in [2.75, 3.05) is 7.11 Å². The van der Waals surface area contributed by atoms with Gasteiger partial charge in [0.1, 0.15) is 23.7 Å². The average Bonchev–Trinajstić information content (AvgIpc) is 2.97. The van der Waals surface area contributed by atoms with E-state index in [-0.39, 0.29) is 23.8 Å². The van der Waals surface area contributed by atoms with Crippen molar-refractivity contribution in [3.8, 4) is 11.5 Å². The summed E-state index contributed by atoms with van der Waals surface area (Å²) in [5, 5.41) is 19.7. The average molecular weight is 348 g/mol. The third-order valence-corrected chi connectivity index (χ3v) is 5.13. The predicted octanol–water partition coefficient (Wildman–Crippen LogP) is 3.23. The zero-order chi connectivity index (χ0) is 18.9. The van der Waals surface area contributed by atoms with Crippen LogP contribution in [0.5, 0.6) is 11.5 Å². The number of phenolic OH excluding ortho intramolecular Hbond substituents is 1. The lowest BCUT2D eigenvalue weighted by Gasteiger charge is -2.18. The van der Waals surface area contributed by atoms with E-state index in [0.29, 0.717) is 23.3 Å². The van der Waals surface area contributed by atoms with E-state index >= 15 is 0 Å². The van der Waals surface area contributed by atoms with Crippen molar-refractivity contribution < 1.29 is 29.3 Å². The molecule has 2 N–H and O–H groups in total. The highest BCUT2D eigenvalue weighted by Crippen LogP contribution is 2.42. The summed E-state index contributed by atoms with van der Waals surface area (Å²) >= 11 is 0. The molecular formula is C19H24O6. The number of cyclic esters (lactones) is 1. The van der Waals surface area contributed by atoms with Crippen LogP contribution in [0.2, 0.25) is 0 Å². The molecule has 2 rings (SSSR count). The Balaban J connectivity index is 2.42. The molecule has 2 atom stereocenters. The number of carboxylic acids is 1. The van der Waals surface area contributed by atoms with Crippen molar-refractivity contribution in [1.82, 2.24) is 0 Å². The van der Waals surface area contributed by atoms with Crippen molar-refractivity contribution in [2.24, 2.45) is 11.8 Å². The topological polar surface area (TPSA) is 93.1 Å². The molecule has 1 aliphatic rings. The molecule has 136 valence electrons. The van der Waals surface area contributed by atoms with E-state index in [1.54, 1.807) is 6.92 Å². The Bertz CT molecular complexity index is 747. The molecule has 25 heavy (non-hydrogen) atoms. The first kappa shape index (κ1) is 18.8. The number of phenols is 1. The number of hydrogen-bond donors (Lipinski definition) is 2. The molecule has 6 nitrogen and oxygen atoms in total. The van der Waals surface area contributed by atoms with Gasteiger partial charge in [-0.2, -0.15) is 0 Å². The summed E-state index contributed by atoms with van der Waals surface area (Å²) in [6.45, 7) is 7.34. The summed E-state index contributed by atoms with van der Waals surface area (Å²) < 4.78 is 10.5. The smallest absolute Gasteiger partial charge is 0.342 e. The molecule has 1 aliphatic heterocycles. The summed E-state index contributed by atoms with van der Waals surface area (Å²) in [7, 11) is 1.51. The number of esters is 1. The minimum atomic E-state index is -0.850. The lowest BCUT2D eigenvalue weighted by molar-refractivity contribution is -0.142. The van der Waals surface area contributed by atoms with Gasteiger partial charge in [0.25, 0.3) is 0 Å². The largest absolute Gasteiger partial charge is 0.507 e. The maximum Gasteiger partial charge on any atom is 0.342 e. The van der Waals surface area contributed by atoms with E-state index < -0.39 is 17.9 Å². The molecule has 1 aromatic carbocycles. The fraction of sp³-hybridized carbons (Fsp3) is 0.474. The zero-order valence-electron chi connectivity index (χ0n) is 15.2. The number of aliphatic carboxylic acids is 1. The van der Waals surface area contributed by atoms with E-state index in [4.69, 9.17) is 14.6 Å². The molecule has 0 aliphatic carbocycles. The summed E-state index contributed by atoms with van der Waals surface area (Å²) in [5.74, 6) is -1.64. The zero-order valence-corrected chi connectivity index (χ0v) is 15.2. The second kappa shape index (κ2) is 7.17. The molecule has 0 radical (unpaired) electrons. The molecule has 0 aromatic heterocycles. The van der Waals surface area contributed by atoms with E-state index in [0.717, 1.165) is 11.1 Å². The third kappa shape index (κ3) is 3.34. The summed E-state index contributed by atoms with van der Waals surface area (Å²) in [6.07, 6.45) is 2.20. The number of ether oxygens (including phenoxy) is 2. The maximum absolute atomic E-state index is 11.9. The highest BCUT2D eigenvalue weighted by atomic mass is 16.5. The number of carbonyl (C=O) groups excluding carboxylic acids is 1. The van der Waals surface area contributed by atoms with Crippen LogP contribution in [-0.4, -0.2) is 29.3 Å². The quantitative estimate of drug-likeness (QED) is 0.606. The molecule has 0 spiro atoms. The minimum Gasteiger partial charge on any atom is -0.507 e. The Hall–Kier alpha value is -2.50. The van der Waals surface area contributed by atoms with Crippen LogP contribution in [0.3, 0.4) is 0 Å². The van der Waals surface area contributed by atoms with Gasteiger partial charge in [-0.3, -0.25) is 4.79 Å². The first-order chi connectivity index (χ1) is 11.7. The van der Waals surface area contributed by atoms with Crippen LogP contribution >= 0.6 is 0 Å². The Morgan fingerprint density at radius 2 is 2.00 bits per heavy atom. The molecule has 1 aromatic rings. The van der Waals surface area contributed by atoms with E-state index in [2.05, 4.69) is 0 Å². The number of carboxylic acid groups (broad SMARTS) is 1. The fourth-order valence-electron chi connectivity index (χ4n) is 3.09. The molecule has 0 saturated carbocycles. The monoisotopic (exact) mass is 348 g/mol. The van der Waals surface area contributed by atoms with Crippen LogP contribution in [-0.2, 0) is 22.6 Å². The van der Waals surface area contributed by atoms with Gasteiger partial charge >= 0.3 is 11.9 Å². The van der Waals surface area contributed by atoms with Crippen LogP contribution in [0.15, 0.2) is 11.6 Å². The highest BCUT2D eigenvalue weighted by molar-refractivity contribution is 5.98. The molecule has 0 fully saturated rings. The van der Waals surface area contributed by atoms with E-state index in [9.17, 15) is 14.7 Å². The van der Waals surface area contributed by atoms with Crippen LogP contribution in [0.1, 0.15) is 47.8 Å². The minimum absolute atomic E-state index is 0.122. The first-order valence-electron chi connectivity index (χ1n) is 8.18. The Morgan fingerprint density at radius 3 is 2.56 bits per heavy atom.